The lowest BCUT2D eigenvalue weighted by Gasteiger charge is -2.38. The lowest BCUT2D eigenvalue weighted by Crippen LogP contribution is -2.40. The highest BCUT2D eigenvalue weighted by atomic mass is 32.2. The molecule has 3 rings (SSSR count). The van der Waals surface area contributed by atoms with Crippen molar-refractivity contribution in [2.75, 3.05) is 21.9 Å². The molecule has 1 aliphatic carbocycles. The zero-order valence-corrected chi connectivity index (χ0v) is 14.4. The number of hydrogen-bond donors (Lipinski definition) is 1. The molecule has 0 atom stereocenters. The molecule has 1 amide bonds. The van der Waals surface area contributed by atoms with Crippen molar-refractivity contribution in [2.24, 2.45) is 5.41 Å². The van der Waals surface area contributed by atoms with Crippen LogP contribution in [0.3, 0.4) is 0 Å². The molecule has 1 saturated heterocycles. The number of sulfonamides is 1. The minimum atomic E-state index is -3.23. The molecule has 1 saturated carbocycles. The van der Waals surface area contributed by atoms with Gasteiger partial charge >= 0.3 is 0 Å². The van der Waals surface area contributed by atoms with E-state index in [1.165, 1.54) is 4.31 Å². The van der Waals surface area contributed by atoms with Crippen molar-refractivity contribution in [3.63, 3.8) is 0 Å². The molecule has 0 radical (unpaired) electrons. The highest BCUT2D eigenvalue weighted by molar-refractivity contribution is 7.93. The fourth-order valence-electron chi connectivity index (χ4n) is 3.36. The molecule has 124 valence electrons. The molecular formula is C17H22N2O3S. The molecule has 1 aliphatic heterocycles. The van der Waals surface area contributed by atoms with Crippen molar-refractivity contribution in [3.8, 4) is 0 Å². The van der Waals surface area contributed by atoms with Gasteiger partial charge in [0, 0.05) is 12.2 Å². The minimum Gasteiger partial charge on any atom is -0.326 e. The van der Waals surface area contributed by atoms with Crippen molar-refractivity contribution in [2.45, 2.75) is 33.1 Å². The van der Waals surface area contributed by atoms with Gasteiger partial charge in [-0.1, -0.05) is 25.1 Å². The smallest absolute Gasteiger partial charge is 0.235 e. The number of benzene rings is 1. The highest BCUT2D eigenvalue weighted by Crippen LogP contribution is 2.44. The van der Waals surface area contributed by atoms with Crippen LogP contribution in [0.1, 0.15) is 31.7 Å². The van der Waals surface area contributed by atoms with E-state index in [1.807, 2.05) is 26.0 Å². The van der Waals surface area contributed by atoms with Crippen LogP contribution in [0.5, 0.6) is 0 Å². The normalized spacial score (nSPS) is 21.8. The molecule has 1 N–H and O–H groups in total. The Morgan fingerprint density at radius 1 is 1.35 bits per heavy atom. The zero-order valence-electron chi connectivity index (χ0n) is 13.6. The minimum absolute atomic E-state index is 0.0380. The van der Waals surface area contributed by atoms with E-state index in [0.29, 0.717) is 37.2 Å². The molecule has 1 aromatic rings. The first kappa shape index (κ1) is 16.1. The van der Waals surface area contributed by atoms with Gasteiger partial charge in [0.05, 0.1) is 16.9 Å². The largest absolute Gasteiger partial charge is 0.326 e. The van der Waals surface area contributed by atoms with E-state index in [-0.39, 0.29) is 11.7 Å². The molecule has 6 heteroatoms. The lowest BCUT2D eigenvalue weighted by atomic mass is 9.67. The summed E-state index contributed by atoms with van der Waals surface area (Å²) in [6.07, 6.45) is 2.05. The molecule has 1 aromatic carbocycles. The van der Waals surface area contributed by atoms with Crippen LogP contribution in [0, 0.1) is 12.3 Å². The third kappa shape index (κ3) is 2.87. The van der Waals surface area contributed by atoms with Crippen molar-refractivity contribution < 1.29 is 13.2 Å². The number of rotatable bonds is 3. The summed E-state index contributed by atoms with van der Waals surface area (Å²) >= 11 is 0. The Kier molecular flexibility index (Phi) is 3.75. The predicted molar refractivity (Wildman–Crippen MR) is 92.0 cm³/mol. The maximum Gasteiger partial charge on any atom is 0.235 e. The zero-order chi connectivity index (χ0) is 16.8. The van der Waals surface area contributed by atoms with Gasteiger partial charge in [0.1, 0.15) is 0 Å². The van der Waals surface area contributed by atoms with Gasteiger partial charge in [0.2, 0.25) is 15.9 Å². The van der Waals surface area contributed by atoms with Crippen molar-refractivity contribution in [1.29, 1.82) is 0 Å². The number of hydrogen-bond acceptors (Lipinski definition) is 3. The Balaban J connectivity index is 1.84. The second kappa shape index (κ2) is 5.37. The molecule has 0 unspecified atom stereocenters. The van der Waals surface area contributed by atoms with Crippen LogP contribution in [-0.4, -0.2) is 26.6 Å². The van der Waals surface area contributed by atoms with Gasteiger partial charge in [-0.05, 0) is 43.9 Å². The molecule has 0 bridgehead atoms. The monoisotopic (exact) mass is 334 g/mol. The number of amides is 1. The molecular weight excluding hydrogens is 312 g/mol. The first-order valence-electron chi connectivity index (χ1n) is 7.80. The molecule has 0 aromatic heterocycles. The van der Waals surface area contributed by atoms with E-state index < -0.39 is 15.4 Å². The molecule has 2 fully saturated rings. The first-order chi connectivity index (χ1) is 10.7. The third-order valence-corrected chi connectivity index (χ3v) is 6.52. The summed E-state index contributed by atoms with van der Waals surface area (Å²) in [7, 11) is -3.23. The Hall–Kier alpha value is -1.82. The van der Waals surface area contributed by atoms with Crippen molar-refractivity contribution >= 4 is 27.3 Å². The number of carbonyl (C=O) groups is 1. The van der Waals surface area contributed by atoms with Crippen LogP contribution in [-0.2, 0) is 14.8 Å². The Bertz CT molecular complexity index is 775. The molecule has 0 spiro atoms. The summed E-state index contributed by atoms with van der Waals surface area (Å²) in [6.45, 7) is 8.19. The first-order valence-corrected chi connectivity index (χ1v) is 9.41. The molecule has 5 nitrogen and oxygen atoms in total. The van der Waals surface area contributed by atoms with E-state index in [9.17, 15) is 13.2 Å². The van der Waals surface area contributed by atoms with Gasteiger partial charge in [0.25, 0.3) is 0 Å². The second-order valence-corrected chi connectivity index (χ2v) is 8.87. The fourth-order valence-corrected chi connectivity index (χ4v) is 4.98. The topological polar surface area (TPSA) is 66.5 Å². The highest BCUT2D eigenvalue weighted by Gasteiger charge is 2.42. The van der Waals surface area contributed by atoms with Crippen LogP contribution in [0.25, 0.3) is 0 Å². The number of anilines is 2. The van der Waals surface area contributed by atoms with Crippen LogP contribution in [0.4, 0.5) is 11.4 Å². The third-order valence-electron chi connectivity index (χ3n) is 4.66. The SMILES string of the molecule is C=C1CC(C)(C(=O)Nc2ccc(C)c(N3CCCS3(=O)=O)c2)C1. The van der Waals surface area contributed by atoms with Gasteiger partial charge in [-0.2, -0.15) is 0 Å². The quantitative estimate of drug-likeness (QED) is 0.864. The van der Waals surface area contributed by atoms with Crippen molar-refractivity contribution in [1.82, 2.24) is 0 Å². The van der Waals surface area contributed by atoms with Gasteiger partial charge in [0.15, 0.2) is 0 Å². The molecule has 1 heterocycles. The summed E-state index contributed by atoms with van der Waals surface area (Å²) in [4.78, 5) is 12.4. The van der Waals surface area contributed by atoms with Gasteiger partial charge in [-0.15, -0.1) is 0 Å². The number of aryl methyl sites for hydroxylation is 1. The van der Waals surface area contributed by atoms with E-state index in [4.69, 9.17) is 0 Å². The van der Waals surface area contributed by atoms with Gasteiger partial charge in [-0.25, -0.2) is 8.42 Å². The molecule has 23 heavy (non-hydrogen) atoms. The maximum atomic E-state index is 12.4. The lowest BCUT2D eigenvalue weighted by molar-refractivity contribution is -0.126. The Morgan fingerprint density at radius 3 is 2.61 bits per heavy atom. The number of allylic oxidation sites excluding steroid dienone is 1. The number of carbonyl (C=O) groups excluding carboxylic acids is 1. The van der Waals surface area contributed by atoms with E-state index in [0.717, 1.165) is 11.1 Å². The van der Waals surface area contributed by atoms with Gasteiger partial charge in [-0.3, -0.25) is 9.10 Å². The summed E-state index contributed by atoms with van der Waals surface area (Å²) in [5.74, 6) is 0.146. The number of nitrogens with zero attached hydrogens (tertiary/aromatic N) is 1. The maximum absolute atomic E-state index is 12.4. The van der Waals surface area contributed by atoms with Crippen LogP contribution < -0.4 is 9.62 Å². The average molecular weight is 334 g/mol. The van der Waals surface area contributed by atoms with Crippen molar-refractivity contribution in [3.05, 3.63) is 35.9 Å². The summed E-state index contributed by atoms with van der Waals surface area (Å²) < 4.78 is 25.7. The average Bonchev–Trinajstić information content (AvgIpc) is 2.78. The fraction of sp³-hybridized carbons (Fsp3) is 0.471. The molecule has 2 aliphatic rings. The summed E-state index contributed by atoms with van der Waals surface area (Å²) in [6, 6.07) is 5.42. The van der Waals surface area contributed by atoms with E-state index in [1.54, 1.807) is 6.07 Å². The van der Waals surface area contributed by atoms with E-state index >= 15 is 0 Å². The standard InChI is InChI=1S/C17H22N2O3S/c1-12-10-17(3,11-12)16(20)18-14-6-5-13(2)15(9-14)19-7-4-8-23(19,21)22/h5-6,9H,1,4,7-8,10-11H2,2-3H3,(H,18,20). The van der Waals surface area contributed by atoms with Gasteiger partial charge < -0.3 is 5.32 Å². The number of nitrogens with one attached hydrogen (secondary N) is 1. The second-order valence-electron chi connectivity index (χ2n) is 6.86. The summed E-state index contributed by atoms with van der Waals surface area (Å²) in [5.41, 5.74) is 2.87. The Labute approximate surface area is 137 Å². The Morgan fingerprint density at radius 2 is 2.04 bits per heavy atom. The van der Waals surface area contributed by atoms with Crippen LogP contribution >= 0.6 is 0 Å². The van der Waals surface area contributed by atoms with E-state index in [2.05, 4.69) is 11.9 Å². The predicted octanol–water partition coefficient (Wildman–Crippen LogP) is 2.83. The van der Waals surface area contributed by atoms with Crippen LogP contribution in [0.15, 0.2) is 30.4 Å². The van der Waals surface area contributed by atoms with Crippen LogP contribution in [0.2, 0.25) is 0 Å². The summed E-state index contributed by atoms with van der Waals surface area (Å²) in [5, 5.41) is 2.92.